The fraction of sp³-hybridized carbons (Fsp3) is 0.105. The molecule has 9 nitrogen and oxygen atoms in total. The van der Waals surface area contributed by atoms with E-state index in [9.17, 15) is 14.7 Å². The van der Waals surface area contributed by atoms with Crippen LogP contribution in [0.2, 0.25) is 0 Å². The van der Waals surface area contributed by atoms with Crippen molar-refractivity contribution in [2.75, 3.05) is 4.90 Å². The molecule has 0 spiro atoms. The molecule has 0 aliphatic rings. The van der Waals surface area contributed by atoms with Gasteiger partial charge in [0.05, 0.1) is 11.9 Å². The number of aryl methyl sites for hydroxylation is 1. The van der Waals surface area contributed by atoms with Crippen molar-refractivity contribution in [1.29, 1.82) is 0 Å². The lowest BCUT2D eigenvalue weighted by Gasteiger charge is -2.22. The highest BCUT2D eigenvalue weighted by Gasteiger charge is 2.29. The van der Waals surface area contributed by atoms with E-state index in [1.54, 1.807) is 60.2 Å². The molecule has 1 aromatic carbocycles. The summed E-state index contributed by atoms with van der Waals surface area (Å²) in [5.74, 6) is -0.997. The second kappa shape index (κ2) is 6.95. The van der Waals surface area contributed by atoms with Crippen molar-refractivity contribution in [3.8, 4) is 0 Å². The Morgan fingerprint density at radius 1 is 1.14 bits per heavy atom. The number of benzene rings is 1. The Balaban J connectivity index is 1.90. The number of hydrogen-bond acceptors (Lipinski definition) is 5. The minimum absolute atomic E-state index is 0.0103. The Labute approximate surface area is 159 Å². The third-order valence-corrected chi connectivity index (χ3v) is 4.27. The quantitative estimate of drug-likeness (QED) is 0.574. The number of carboxylic acids is 1. The molecule has 0 aliphatic carbocycles. The fourth-order valence-corrected chi connectivity index (χ4v) is 2.96. The predicted octanol–water partition coefficient (Wildman–Crippen LogP) is 2.62. The fourth-order valence-electron chi connectivity index (χ4n) is 2.96. The lowest BCUT2D eigenvalue weighted by Crippen LogP contribution is -2.30. The average Bonchev–Trinajstić information content (AvgIpc) is 3.35. The van der Waals surface area contributed by atoms with Crippen molar-refractivity contribution in [3.63, 3.8) is 0 Å². The number of aromatic nitrogens is 5. The van der Waals surface area contributed by atoms with E-state index in [-0.39, 0.29) is 11.3 Å². The van der Waals surface area contributed by atoms with Crippen molar-refractivity contribution < 1.29 is 14.7 Å². The summed E-state index contributed by atoms with van der Waals surface area (Å²) >= 11 is 0. The summed E-state index contributed by atoms with van der Waals surface area (Å²) in [7, 11) is 0. The number of hydrogen-bond donors (Lipinski definition) is 1. The van der Waals surface area contributed by atoms with Gasteiger partial charge in [-0.2, -0.15) is 10.1 Å². The van der Waals surface area contributed by atoms with Crippen molar-refractivity contribution in [2.24, 2.45) is 0 Å². The SMILES string of the molecule is CCn1ncc(C(=O)O)c1C(=O)N(c1ccccc1)c1ccn2ccnc2n1. The van der Waals surface area contributed by atoms with Gasteiger partial charge in [0.2, 0.25) is 5.78 Å². The predicted molar refractivity (Wildman–Crippen MR) is 101 cm³/mol. The van der Waals surface area contributed by atoms with E-state index in [1.807, 2.05) is 6.07 Å². The van der Waals surface area contributed by atoms with Crippen LogP contribution in [0.15, 0.2) is 61.2 Å². The molecule has 140 valence electrons. The van der Waals surface area contributed by atoms with Crippen LogP contribution in [0, 0.1) is 0 Å². The molecular weight excluding hydrogens is 360 g/mol. The maximum atomic E-state index is 13.5. The zero-order valence-electron chi connectivity index (χ0n) is 14.9. The molecule has 1 amide bonds. The number of fused-ring (bicyclic) bond motifs is 1. The lowest BCUT2D eigenvalue weighted by molar-refractivity contribution is 0.0691. The molecule has 0 atom stereocenters. The number of imidazole rings is 1. The van der Waals surface area contributed by atoms with E-state index in [0.29, 0.717) is 23.8 Å². The van der Waals surface area contributed by atoms with Crippen LogP contribution >= 0.6 is 0 Å². The summed E-state index contributed by atoms with van der Waals surface area (Å²) in [6.45, 7) is 2.14. The largest absolute Gasteiger partial charge is 0.478 e. The molecule has 3 aromatic heterocycles. The van der Waals surface area contributed by atoms with Crippen LogP contribution in [0.3, 0.4) is 0 Å². The Morgan fingerprint density at radius 3 is 2.64 bits per heavy atom. The number of carboxylic acid groups (broad SMARTS) is 1. The number of para-hydroxylation sites is 1. The highest BCUT2D eigenvalue weighted by Crippen LogP contribution is 2.27. The molecule has 0 fully saturated rings. The van der Waals surface area contributed by atoms with Gasteiger partial charge in [0.15, 0.2) is 0 Å². The second-order valence-electron chi connectivity index (χ2n) is 5.92. The maximum Gasteiger partial charge on any atom is 0.339 e. The molecule has 0 radical (unpaired) electrons. The van der Waals surface area contributed by atoms with Crippen LogP contribution in [-0.2, 0) is 6.54 Å². The van der Waals surface area contributed by atoms with E-state index < -0.39 is 11.9 Å². The van der Waals surface area contributed by atoms with E-state index in [4.69, 9.17) is 0 Å². The van der Waals surface area contributed by atoms with Crippen LogP contribution in [0.5, 0.6) is 0 Å². The highest BCUT2D eigenvalue weighted by molar-refractivity contribution is 6.13. The van der Waals surface area contributed by atoms with Gasteiger partial charge in [0.1, 0.15) is 17.1 Å². The van der Waals surface area contributed by atoms with Gasteiger partial charge >= 0.3 is 5.97 Å². The summed E-state index contributed by atoms with van der Waals surface area (Å²) < 4.78 is 3.09. The van der Waals surface area contributed by atoms with Crippen molar-refractivity contribution in [3.05, 3.63) is 72.4 Å². The number of aromatic carboxylic acids is 1. The lowest BCUT2D eigenvalue weighted by atomic mass is 10.2. The van der Waals surface area contributed by atoms with Gasteiger partial charge in [0.25, 0.3) is 5.91 Å². The third-order valence-electron chi connectivity index (χ3n) is 4.27. The van der Waals surface area contributed by atoms with Crippen LogP contribution in [0.1, 0.15) is 27.8 Å². The Bertz CT molecular complexity index is 1160. The maximum absolute atomic E-state index is 13.5. The number of carbonyl (C=O) groups excluding carboxylic acids is 1. The van der Waals surface area contributed by atoms with Crippen LogP contribution in [0.25, 0.3) is 5.78 Å². The molecule has 1 N–H and O–H groups in total. The van der Waals surface area contributed by atoms with E-state index in [1.165, 1.54) is 15.8 Å². The number of rotatable bonds is 5. The molecule has 0 saturated carbocycles. The standard InChI is InChI=1S/C19H16N6O3/c1-2-24-16(14(12-21-24)18(27)28)17(26)25(13-6-4-3-5-7-13)15-8-10-23-11-9-20-19(23)22-15/h3-12H,2H2,1H3,(H,27,28). The number of anilines is 2. The van der Waals surface area contributed by atoms with Crippen molar-refractivity contribution in [2.45, 2.75) is 13.5 Å². The molecular formula is C19H16N6O3. The van der Waals surface area contributed by atoms with Gasteiger partial charge in [-0.15, -0.1) is 0 Å². The average molecular weight is 376 g/mol. The topological polar surface area (TPSA) is 106 Å². The molecule has 4 aromatic rings. The summed E-state index contributed by atoms with van der Waals surface area (Å²) in [6.07, 6.45) is 6.28. The summed E-state index contributed by atoms with van der Waals surface area (Å²) in [5.41, 5.74) is 0.384. The van der Waals surface area contributed by atoms with Gasteiger partial charge in [-0.05, 0) is 25.1 Å². The third kappa shape index (κ3) is 2.88. The number of carbonyl (C=O) groups is 2. The smallest absolute Gasteiger partial charge is 0.339 e. The first-order chi connectivity index (χ1) is 13.6. The molecule has 0 unspecified atom stereocenters. The summed E-state index contributed by atoms with van der Waals surface area (Å²) in [5, 5.41) is 13.5. The zero-order chi connectivity index (χ0) is 19.7. The highest BCUT2D eigenvalue weighted by atomic mass is 16.4. The van der Waals surface area contributed by atoms with E-state index in [0.717, 1.165) is 0 Å². The minimum Gasteiger partial charge on any atom is -0.478 e. The van der Waals surface area contributed by atoms with Gasteiger partial charge in [-0.3, -0.25) is 18.8 Å². The molecule has 0 bridgehead atoms. The van der Waals surface area contributed by atoms with Gasteiger partial charge in [-0.1, -0.05) is 18.2 Å². The molecule has 9 heteroatoms. The van der Waals surface area contributed by atoms with Gasteiger partial charge in [0, 0.05) is 25.1 Å². The number of nitrogens with zero attached hydrogens (tertiary/aromatic N) is 6. The van der Waals surface area contributed by atoms with Gasteiger partial charge < -0.3 is 5.11 Å². The Kier molecular flexibility index (Phi) is 4.32. The molecule has 0 aliphatic heterocycles. The van der Waals surface area contributed by atoms with Crippen LogP contribution < -0.4 is 4.90 Å². The van der Waals surface area contributed by atoms with E-state index >= 15 is 0 Å². The minimum atomic E-state index is -1.22. The molecule has 4 rings (SSSR count). The summed E-state index contributed by atoms with van der Waals surface area (Å²) in [6, 6.07) is 10.6. The number of amides is 1. The van der Waals surface area contributed by atoms with Crippen LogP contribution in [0.4, 0.5) is 11.5 Å². The first-order valence-corrected chi connectivity index (χ1v) is 8.58. The van der Waals surface area contributed by atoms with E-state index in [2.05, 4.69) is 15.1 Å². The van der Waals surface area contributed by atoms with Crippen molar-refractivity contribution in [1.82, 2.24) is 24.1 Å². The first-order valence-electron chi connectivity index (χ1n) is 8.58. The molecule has 0 saturated heterocycles. The normalized spacial score (nSPS) is 10.9. The van der Waals surface area contributed by atoms with Gasteiger partial charge in [-0.25, -0.2) is 9.78 Å². The Morgan fingerprint density at radius 2 is 1.93 bits per heavy atom. The first kappa shape index (κ1) is 17.4. The Hall–Kier alpha value is -4.01. The zero-order valence-corrected chi connectivity index (χ0v) is 14.9. The van der Waals surface area contributed by atoms with Crippen molar-refractivity contribution >= 4 is 29.2 Å². The second-order valence-corrected chi connectivity index (χ2v) is 5.92. The van der Waals surface area contributed by atoms with Crippen LogP contribution in [-0.4, -0.2) is 41.1 Å². The molecule has 28 heavy (non-hydrogen) atoms. The molecule has 3 heterocycles. The summed E-state index contributed by atoms with van der Waals surface area (Å²) in [4.78, 5) is 35.1. The monoisotopic (exact) mass is 376 g/mol.